The molecule has 7 nitrogen and oxygen atoms in total. The van der Waals surface area contributed by atoms with Crippen molar-refractivity contribution >= 4 is 39.9 Å². The number of nitrogens with one attached hydrogen (secondary N) is 3. The van der Waals surface area contributed by atoms with Gasteiger partial charge in [-0.05, 0) is 24.5 Å². The number of carbonyl (C=O) groups is 3. The van der Waals surface area contributed by atoms with Gasteiger partial charge in [0.25, 0.3) is 0 Å². The number of amides is 3. The van der Waals surface area contributed by atoms with Crippen LogP contribution in [0.3, 0.4) is 0 Å². The first-order valence-corrected chi connectivity index (χ1v) is 9.35. The zero-order valence-electron chi connectivity index (χ0n) is 14.4. The SMILES string of the molecule is CCc1ccccc1NC(=O)Cc1csc(NC(=O)C2CCC(=O)N2)n1. The van der Waals surface area contributed by atoms with Crippen LogP contribution in [-0.2, 0) is 27.2 Å². The molecule has 26 heavy (non-hydrogen) atoms. The van der Waals surface area contributed by atoms with Crippen molar-refractivity contribution in [3.63, 3.8) is 0 Å². The van der Waals surface area contributed by atoms with Crippen LogP contribution in [0.4, 0.5) is 10.8 Å². The largest absolute Gasteiger partial charge is 0.344 e. The molecule has 1 aromatic carbocycles. The first-order valence-electron chi connectivity index (χ1n) is 8.47. The van der Waals surface area contributed by atoms with Crippen molar-refractivity contribution in [3.8, 4) is 0 Å². The number of benzene rings is 1. The summed E-state index contributed by atoms with van der Waals surface area (Å²) >= 11 is 1.26. The maximum Gasteiger partial charge on any atom is 0.248 e. The van der Waals surface area contributed by atoms with Crippen molar-refractivity contribution in [2.75, 3.05) is 10.6 Å². The lowest BCUT2D eigenvalue weighted by Crippen LogP contribution is -2.37. The van der Waals surface area contributed by atoms with Crippen molar-refractivity contribution in [1.29, 1.82) is 0 Å². The van der Waals surface area contributed by atoms with Crippen LogP contribution in [0, 0.1) is 0 Å². The summed E-state index contributed by atoms with van der Waals surface area (Å²) in [4.78, 5) is 39.8. The molecule has 2 heterocycles. The predicted octanol–water partition coefficient (Wildman–Crippen LogP) is 2.10. The number of hydrogen-bond acceptors (Lipinski definition) is 5. The Morgan fingerprint density at radius 2 is 2.12 bits per heavy atom. The Bertz CT molecular complexity index is 833. The Kier molecular flexibility index (Phi) is 5.62. The van der Waals surface area contributed by atoms with E-state index in [2.05, 4.69) is 20.9 Å². The highest BCUT2D eigenvalue weighted by Gasteiger charge is 2.27. The third-order valence-corrected chi connectivity index (χ3v) is 4.91. The molecule has 0 saturated carbocycles. The van der Waals surface area contributed by atoms with Crippen LogP contribution < -0.4 is 16.0 Å². The van der Waals surface area contributed by atoms with Gasteiger partial charge in [0.05, 0.1) is 12.1 Å². The number of aryl methyl sites for hydroxylation is 1. The average Bonchev–Trinajstić information content (AvgIpc) is 3.24. The van der Waals surface area contributed by atoms with Crippen molar-refractivity contribution in [2.24, 2.45) is 0 Å². The van der Waals surface area contributed by atoms with E-state index >= 15 is 0 Å². The summed E-state index contributed by atoms with van der Waals surface area (Å²) in [5, 5.41) is 10.4. The summed E-state index contributed by atoms with van der Waals surface area (Å²) < 4.78 is 0. The molecule has 0 bridgehead atoms. The number of carbonyl (C=O) groups excluding carboxylic acids is 3. The minimum atomic E-state index is -0.510. The lowest BCUT2D eigenvalue weighted by Gasteiger charge is -2.09. The van der Waals surface area contributed by atoms with E-state index in [9.17, 15) is 14.4 Å². The molecular weight excluding hydrogens is 352 g/mol. The maximum atomic E-state index is 12.2. The van der Waals surface area contributed by atoms with Crippen LogP contribution in [0.1, 0.15) is 31.0 Å². The van der Waals surface area contributed by atoms with Crippen LogP contribution in [0.25, 0.3) is 0 Å². The molecule has 1 unspecified atom stereocenters. The molecule has 0 spiro atoms. The van der Waals surface area contributed by atoms with E-state index < -0.39 is 6.04 Å². The Balaban J connectivity index is 1.55. The highest BCUT2D eigenvalue weighted by Crippen LogP contribution is 2.19. The molecule has 1 fully saturated rings. The normalized spacial score (nSPS) is 16.2. The quantitative estimate of drug-likeness (QED) is 0.723. The van der Waals surface area contributed by atoms with Gasteiger partial charge in [-0.25, -0.2) is 4.98 Å². The molecule has 3 rings (SSSR count). The van der Waals surface area contributed by atoms with E-state index in [0.717, 1.165) is 17.7 Å². The maximum absolute atomic E-state index is 12.2. The van der Waals surface area contributed by atoms with Gasteiger partial charge in [-0.3, -0.25) is 14.4 Å². The minimum Gasteiger partial charge on any atom is -0.344 e. The highest BCUT2D eigenvalue weighted by molar-refractivity contribution is 7.13. The average molecular weight is 372 g/mol. The molecule has 1 aliphatic heterocycles. The molecule has 1 aromatic heterocycles. The first kappa shape index (κ1) is 18.1. The molecule has 1 atom stereocenters. The lowest BCUT2D eigenvalue weighted by molar-refractivity contribution is -0.122. The van der Waals surface area contributed by atoms with Gasteiger partial charge >= 0.3 is 0 Å². The van der Waals surface area contributed by atoms with Crippen molar-refractivity contribution < 1.29 is 14.4 Å². The van der Waals surface area contributed by atoms with Gasteiger partial charge in [0.2, 0.25) is 17.7 Å². The topological polar surface area (TPSA) is 100 Å². The van der Waals surface area contributed by atoms with Gasteiger partial charge < -0.3 is 16.0 Å². The van der Waals surface area contributed by atoms with Crippen molar-refractivity contribution in [3.05, 3.63) is 40.9 Å². The molecule has 136 valence electrons. The summed E-state index contributed by atoms with van der Waals surface area (Å²) in [6, 6.07) is 7.17. The van der Waals surface area contributed by atoms with Gasteiger partial charge in [0, 0.05) is 17.5 Å². The van der Waals surface area contributed by atoms with Crippen LogP contribution in [0.2, 0.25) is 0 Å². The van der Waals surface area contributed by atoms with Crippen LogP contribution in [0.15, 0.2) is 29.6 Å². The number of aromatic nitrogens is 1. The number of nitrogens with zero attached hydrogens (tertiary/aromatic N) is 1. The molecule has 0 radical (unpaired) electrons. The second kappa shape index (κ2) is 8.09. The Morgan fingerprint density at radius 3 is 2.85 bits per heavy atom. The standard InChI is InChI=1S/C18H20N4O3S/c1-2-11-5-3-4-6-13(11)20-16(24)9-12-10-26-18(19-12)22-17(25)14-7-8-15(23)21-14/h3-6,10,14H,2,7-9H2,1H3,(H,20,24)(H,21,23)(H,19,22,25). The van der Waals surface area contributed by atoms with E-state index in [1.807, 2.05) is 31.2 Å². The zero-order chi connectivity index (χ0) is 18.5. The van der Waals surface area contributed by atoms with E-state index in [4.69, 9.17) is 0 Å². The predicted molar refractivity (Wildman–Crippen MR) is 100 cm³/mol. The highest BCUT2D eigenvalue weighted by atomic mass is 32.1. The number of hydrogen-bond donors (Lipinski definition) is 3. The number of anilines is 2. The summed E-state index contributed by atoms with van der Waals surface area (Å²) in [5.41, 5.74) is 2.47. The monoisotopic (exact) mass is 372 g/mol. The van der Waals surface area contributed by atoms with E-state index in [1.54, 1.807) is 5.38 Å². The van der Waals surface area contributed by atoms with Crippen LogP contribution in [0.5, 0.6) is 0 Å². The summed E-state index contributed by atoms with van der Waals surface area (Å²) in [5.74, 6) is -0.552. The molecule has 1 saturated heterocycles. The zero-order valence-corrected chi connectivity index (χ0v) is 15.2. The molecule has 1 aliphatic rings. The smallest absolute Gasteiger partial charge is 0.248 e. The number of thiazole rings is 1. The fourth-order valence-electron chi connectivity index (χ4n) is 2.76. The van der Waals surface area contributed by atoms with Gasteiger partial charge in [-0.15, -0.1) is 11.3 Å². The number of rotatable bonds is 6. The summed E-state index contributed by atoms with van der Waals surface area (Å²) in [7, 11) is 0. The Morgan fingerprint density at radius 1 is 1.31 bits per heavy atom. The molecule has 2 aromatic rings. The third kappa shape index (κ3) is 4.45. The van der Waals surface area contributed by atoms with Gasteiger partial charge in [-0.2, -0.15) is 0 Å². The Labute approximate surface area is 155 Å². The van der Waals surface area contributed by atoms with Gasteiger partial charge in [0.1, 0.15) is 6.04 Å². The lowest BCUT2D eigenvalue weighted by atomic mass is 10.1. The molecule has 8 heteroatoms. The van der Waals surface area contributed by atoms with Crippen molar-refractivity contribution in [1.82, 2.24) is 10.3 Å². The van der Waals surface area contributed by atoms with E-state index in [-0.39, 0.29) is 24.1 Å². The third-order valence-electron chi connectivity index (χ3n) is 4.11. The summed E-state index contributed by atoms with van der Waals surface area (Å²) in [6.45, 7) is 2.03. The fourth-order valence-corrected chi connectivity index (χ4v) is 3.47. The number of para-hydroxylation sites is 1. The first-order chi connectivity index (χ1) is 12.5. The molecule has 3 N–H and O–H groups in total. The summed E-state index contributed by atoms with van der Waals surface area (Å²) in [6.07, 6.45) is 1.81. The van der Waals surface area contributed by atoms with E-state index in [0.29, 0.717) is 23.7 Å². The second-order valence-electron chi connectivity index (χ2n) is 6.03. The Hall–Kier alpha value is -2.74. The van der Waals surface area contributed by atoms with Gasteiger partial charge in [-0.1, -0.05) is 25.1 Å². The van der Waals surface area contributed by atoms with Crippen LogP contribution >= 0.6 is 11.3 Å². The molecule has 0 aliphatic carbocycles. The second-order valence-corrected chi connectivity index (χ2v) is 6.89. The molecule has 3 amide bonds. The van der Waals surface area contributed by atoms with Gasteiger partial charge in [0.15, 0.2) is 5.13 Å². The molecular formula is C18H20N4O3S. The van der Waals surface area contributed by atoms with Crippen molar-refractivity contribution in [2.45, 2.75) is 38.6 Å². The minimum absolute atomic E-state index is 0.117. The fraction of sp³-hybridized carbons (Fsp3) is 0.333. The van der Waals surface area contributed by atoms with E-state index in [1.165, 1.54) is 11.3 Å². The van der Waals surface area contributed by atoms with Crippen LogP contribution in [-0.4, -0.2) is 28.7 Å².